The van der Waals surface area contributed by atoms with Crippen LogP contribution in [0.2, 0.25) is 0 Å². The van der Waals surface area contributed by atoms with E-state index in [0.29, 0.717) is 5.75 Å². The van der Waals surface area contributed by atoms with Gasteiger partial charge in [-0.25, -0.2) is 0 Å². The number of benzene rings is 5. The van der Waals surface area contributed by atoms with Gasteiger partial charge in [-0.3, -0.25) is 0 Å². The molecule has 5 rings (SSSR count). The third-order valence-electron chi connectivity index (χ3n) is 5.96. The fourth-order valence-electron chi connectivity index (χ4n) is 4.24. The summed E-state index contributed by atoms with van der Waals surface area (Å²) in [5.41, 5.74) is 6.30. The summed E-state index contributed by atoms with van der Waals surface area (Å²) in [5.74, 6) is 0.570. The van der Waals surface area contributed by atoms with Crippen molar-refractivity contribution in [2.24, 2.45) is 0 Å². The fourth-order valence-corrected chi connectivity index (χ4v) is 4.24. The topological polar surface area (TPSA) is 35.9 Å². The van der Waals surface area contributed by atoms with Crippen molar-refractivity contribution < 1.29 is 9.84 Å². The second-order valence-electron chi connectivity index (χ2n) is 8.43. The van der Waals surface area contributed by atoms with Gasteiger partial charge < -0.3 is 19.6 Å². The summed E-state index contributed by atoms with van der Waals surface area (Å²) in [5, 5.41) is 9.73. The summed E-state index contributed by atoms with van der Waals surface area (Å²) in [4.78, 5) is 4.43. The Kier molecular flexibility index (Phi) is 7.30. The number of aliphatic hydroxyl groups is 1. The number of hydrogen-bond donors (Lipinski definition) is 1. The van der Waals surface area contributed by atoms with E-state index >= 15 is 0 Å². The second-order valence-corrected chi connectivity index (χ2v) is 8.43. The van der Waals surface area contributed by atoms with Gasteiger partial charge in [0, 0.05) is 34.1 Å². The second kappa shape index (κ2) is 11.3. The Labute approximate surface area is 217 Å². The molecule has 5 aromatic carbocycles. The van der Waals surface area contributed by atoms with E-state index in [1.165, 1.54) is 6.08 Å². The first kappa shape index (κ1) is 23.9. The van der Waals surface area contributed by atoms with Crippen molar-refractivity contribution in [2.75, 3.05) is 9.80 Å². The molecule has 0 heterocycles. The van der Waals surface area contributed by atoms with Crippen molar-refractivity contribution in [2.45, 2.75) is 6.29 Å². The molecule has 1 unspecified atom stereocenters. The van der Waals surface area contributed by atoms with E-state index in [2.05, 4.69) is 101 Å². The molecule has 182 valence electrons. The monoisotopic (exact) mass is 484 g/mol. The average Bonchev–Trinajstić information content (AvgIpc) is 2.97. The molecular weight excluding hydrogens is 456 g/mol. The number of rotatable bonds is 9. The maximum atomic E-state index is 9.73. The highest BCUT2D eigenvalue weighted by atomic mass is 16.6. The van der Waals surface area contributed by atoms with Crippen LogP contribution in [-0.4, -0.2) is 11.4 Å². The molecule has 0 bridgehead atoms. The van der Waals surface area contributed by atoms with Crippen molar-refractivity contribution in [1.29, 1.82) is 0 Å². The van der Waals surface area contributed by atoms with Crippen molar-refractivity contribution in [3.63, 3.8) is 0 Å². The van der Waals surface area contributed by atoms with Crippen molar-refractivity contribution >= 4 is 34.1 Å². The van der Waals surface area contributed by atoms with Crippen LogP contribution >= 0.6 is 0 Å². The van der Waals surface area contributed by atoms with Gasteiger partial charge in [-0.2, -0.15) is 0 Å². The van der Waals surface area contributed by atoms with Crippen LogP contribution < -0.4 is 14.5 Å². The van der Waals surface area contributed by atoms with Gasteiger partial charge in [0.15, 0.2) is 0 Å². The molecule has 0 spiro atoms. The molecule has 0 saturated carbocycles. The number of ether oxygens (including phenoxy) is 1. The zero-order valence-corrected chi connectivity index (χ0v) is 20.4. The average molecular weight is 485 g/mol. The summed E-state index contributed by atoms with van der Waals surface area (Å²) in [6, 6.07) is 47.2. The molecule has 4 heteroatoms. The molecule has 1 atom stereocenters. The highest BCUT2D eigenvalue weighted by Gasteiger charge is 2.15. The molecule has 0 saturated heterocycles. The molecule has 1 N–H and O–H groups in total. The minimum Gasteiger partial charge on any atom is -0.461 e. The van der Waals surface area contributed by atoms with Crippen LogP contribution in [0.25, 0.3) is 0 Å². The molecule has 0 fully saturated rings. The number of hydrogen-bond acceptors (Lipinski definition) is 4. The van der Waals surface area contributed by atoms with Gasteiger partial charge in [0.2, 0.25) is 6.29 Å². The lowest BCUT2D eigenvalue weighted by Gasteiger charge is -2.28. The van der Waals surface area contributed by atoms with Crippen LogP contribution in [0.3, 0.4) is 0 Å². The number of aliphatic hydroxyl groups excluding tert-OH is 1. The van der Waals surface area contributed by atoms with Crippen molar-refractivity contribution in [3.8, 4) is 5.75 Å². The van der Waals surface area contributed by atoms with Crippen LogP contribution in [0.4, 0.5) is 34.1 Å². The summed E-state index contributed by atoms with van der Waals surface area (Å²) < 4.78 is 5.45. The lowest BCUT2D eigenvalue weighted by Crippen LogP contribution is -2.13. The van der Waals surface area contributed by atoms with Gasteiger partial charge in [-0.05, 0) is 91.0 Å². The van der Waals surface area contributed by atoms with E-state index in [1.807, 2.05) is 54.6 Å². The van der Waals surface area contributed by atoms with Gasteiger partial charge in [-0.1, -0.05) is 61.2 Å². The van der Waals surface area contributed by atoms with Gasteiger partial charge >= 0.3 is 0 Å². The molecule has 0 aliphatic carbocycles. The molecule has 4 nitrogen and oxygen atoms in total. The van der Waals surface area contributed by atoms with Crippen LogP contribution in [0.15, 0.2) is 152 Å². The van der Waals surface area contributed by atoms with Gasteiger partial charge in [0.25, 0.3) is 0 Å². The molecule has 5 aromatic rings. The number of para-hydroxylation sites is 3. The van der Waals surface area contributed by atoms with Crippen molar-refractivity contribution in [1.82, 2.24) is 0 Å². The third-order valence-corrected chi connectivity index (χ3v) is 5.96. The van der Waals surface area contributed by atoms with Gasteiger partial charge in [-0.15, -0.1) is 0 Å². The maximum Gasteiger partial charge on any atom is 0.216 e. The normalized spacial score (nSPS) is 11.4. The molecule has 0 radical (unpaired) electrons. The maximum absolute atomic E-state index is 9.73. The Morgan fingerprint density at radius 3 is 1.11 bits per heavy atom. The first-order chi connectivity index (χ1) is 18.2. The molecule has 0 aliphatic rings. The van der Waals surface area contributed by atoms with E-state index < -0.39 is 6.29 Å². The van der Waals surface area contributed by atoms with Crippen LogP contribution in [0, 0.1) is 0 Å². The lowest BCUT2D eigenvalue weighted by atomic mass is 10.1. The highest BCUT2D eigenvalue weighted by Crippen LogP contribution is 2.39. The first-order valence-corrected chi connectivity index (χ1v) is 12.2. The minimum absolute atomic E-state index is 0.570. The van der Waals surface area contributed by atoms with Crippen LogP contribution in [0.5, 0.6) is 5.75 Å². The van der Waals surface area contributed by atoms with Crippen LogP contribution in [0.1, 0.15) is 0 Å². The SMILES string of the molecule is C=CC(O)Oc1ccc(N(c2ccccc2)c2ccc(N(c3ccccc3)c3ccccc3)cc2)cc1. The Morgan fingerprint density at radius 2 is 0.784 bits per heavy atom. The van der Waals surface area contributed by atoms with Gasteiger partial charge in [0.05, 0.1) is 0 Å². The molecule has 0 aliphatic heterocycles. The highest BCUT2D eigenvalue weighted by molar-refractivity contribution is 5.81. The van der Waals surface area contributed by atoms with E-state index in [4.69, 9.17) is 4.74 Å². The van der Waals surface area contributed by atoms with E-state index in [9.17, 15) is 5.11 Å². The smallest absolute Gasteiger partial charge is 0.216 e. The van der Waals surface area contributed by atoms with Crippen molar-refractivity contribution in [3.05, 3.63) is 152 Å². The number of nitrogens with zero attached hydrogens (tertiary/aromatic N) is 2. The minimum atomic E-state index is -1.04. The Morgan fingerprint density at radius 1 is 0.486 bits per heavy atom. The zero-order valence-electron chi connectivity index (χ0n) is 20.4. The van der Waals surface area contributed by atoms with Crippen LogP contribution in [-0.2, 0) is 0 Å². The van der Waals surface area contributed by atoms with Gasteiger partial charge in [0.1, 0.15) is 5.75 Å². The Bertz CT molecular complexity index is 1370. The Balaban J connectivity index is 1.52. The predicted octanol–water partition coefficient (Wildman–Crippen LogP) is 8.51. The molecule has 0 amide bonds. The molecular formula is C33H28N2O2. The summed E-state index contributed by atoms with van der Waals surface area (Å²) in [6.07, 6.45) is 0.306. The zero-order chi connectivity index (χ0) is 25.5. The van der Waals surface area contributed by atoms with E-state index in [1.54, 1.807) is 0 Å². The van der Waals surface area contributed by atoms with E-state index in [-0.39, 0.29) is 0 Å². The first-order valence-electron chi connectivity index (χ1n) is 12.2. The summed E-state index contributed by atoms with van der Waals surface area (Å²) >= 11 is 0. The molecule has 0 aromatic heterocycles. The third kappa shape index (κ3) is 5.56. The lowest BCUT2D eigenvalue weighted by molar-refractivity contribution is 0.0251. The predicted molar refractivity (Wildman–Crippen MR) is 153 cm³/mol. The fraction of sp³-hybridized carbons (Fsp3) is 0.0303. The summed E-state index contributed by atoms with van der Waals surface area (Å²) in [7, 11) is 0. The quantitative estimate of drug-likeness (QED) is 0.168. The molecule has 37 heavy (non-hydrogen) atoms. The van der Waals surface area contributed by atoms with E-state index in [0.717, 1.165) is 34.1 Å². The Hall–Kier alpha value is -4.80. The summed E-state index contributed by atoms with van der Waals surface area (Å²) in [6.45, 7) is 3.55. The largest absolute Gasteiger partial charge is 0.461 e. The number of anilines is 6. The standard InChI is InChI=1S/C33H28N2O2/c1-2-33(36)37-32-24-22-31(23-25-32)35(28-16-10-5-11-17-28)30-20-18-29(19-21-30)34(26-12-6-3-7-13-26)27-14-8-4-9-15-27/h2-25,33,36H,1H2.